The van der Waals surface area contributed by atoms with Crippen LogP contribution in [0.3, 0.4) is 0 Å². The monoisotopic (exact) mass is 461 g/mol. The minimum atomic E-state index is 1.25. The molecule has 0 N–H and O–H groups in total. The molecule has 8 aromatic rings. The van der Waals surface area contributed by atoms with E-state index in [-0.39, 0.29) is 0 Å². The van der Waals surface area contributed by atoms with Gasteiger partial charge in [-0.2, -0.15) is 0 Å². The van der Waals surface area contributed by atoms with Gasteiger partial charge in [-0.3, -0.25) is 4.57 Å². The van der Waals surface area contributed by atoms with E-state index in [1.807, 2.05) is 34.0 Å². The molecule has 4 aromatic heterocycles. The van der Waals surface area contributed by atoms with Crippen molar-refractivity contribution in [1.29, 1.82) is 0 Å². The van der Waals surface area contributed by atoms with Crippen LogP contribution in [0, 0.1) is 0 Å². The molecule has 0 saturated heterocycles. The molecule has 8 rings (SSSR count). The minimum absolute atomic E-state index is 1.25. The number of rotatable bonds is 1. The number of nitrogens with zero attached hydrogens (tertiary/aromatic N) is 1. The molecule has 150 valence electrons. The molecule has 4 heteroatoms. The zero-order valence-corrected chi connectivity index (χ0v) is 19.3. The Morgan fingerprint density at radius 3 is 1.56 bits per heavy atom. The van der Waals surface area contributed by atoms with Crippen LogP contribution in [0.25, 0.3) is 66.5 Å². The van der Waals surface area contributed by atoms with Crippen LogP contribution in [-0.2, 0) is 0 Å². The van der Waals surface area contributed by atoms with E-state index in [1.165, 1.54) is 66.5 Å². The van der Waals surface area contributed by atoms with Gasteiger partial charge in [0.1, 0.15) is 9.66 Å². The summed E-state index contributed by atoms with van der Waals surface area (Å²) in [7, 11) is 0. The first kappa shape index (κ1) is 17.4. The summed E-state index contributed by atoms with van der Waals surface area (Å²) in [5.41, 5.74) is 1.25. The van der Waals surface area contributed by atoms with Gasteiger partial charge in [-0.15, -0.1) is 34.0 Å². The number of benzene rings is 4. The normalized spacial score (nSPS) is 12.4. The summed E-state index contributed by atoms with van der Waals surface area (Å²) in [4.78, 5) is 2.69. The number of fused-ring (bicyclic) bond motifs is 10. The Kier molecular flexibility index (Phi) is 3.37. The van der Waals surface area contributed by atoms with Crippen molar-refractivity contribution in [2.45, 2.75) is 0 Å². The van der Waals surface area contributed by atoms with E-state index >= 15 is 0 Å². The van der Waals surface area contributed by atoms with Gasteiger partial charge < -0.3 is 0 Å². The lowest BCUT2D eigenvalue weighted by molar-refractivity contribution is 1.22. The Morgan fingerprint density at radius 2 is 0.938 bits per heavy atom. The first-order chi connectivity index (χ1) is 15.9. The van der Waals surface area contributed by atoms with E-state index in [4.69, 9.17) is 0 Å². The maximum Gasteiger partial charge on any atom is 0.110 e. The van der Waals surface area contributed by atoms with Gasteiger partial charge in [0.25, 0.3) is 0 Å². The van der Waals surface area contributed by atoms with Gasteiger partial charge in [0, 0.05) is 56.8 Å². The summed E-state index contributed by atoms with van der Waals surface area (Å²) in [6.07, 6.45) is 0. The van der Waals surface area contributed by atoms with E-state index in [0.29, 0.717) is 0 Å². The fourth-order valence-electron chi connectivity index (χ4n) is 5.04. The van der Waals surface area contributed by atoms with Crippen LogP contribution in [0.1, 0.15) is 0 Å². The third kappa shape index (κ3) is 2.17. The summed E-state index contributed by atoms with van der Waals surface area (Å²) in [6, 6.07) is 33.4. The molecule has 0 spiro atoms. The summed E-state index contributed by atoms with van der Waals surface area (Å²) in [5.74, 6) is 0. The third-order valence-corrected chi connectivity index (χ3v) is 9.89. The van der Waals surface area contributed by atoms with Crippen LogP contribution in [0.2, 0.25) is 0 Å². The second-order valence-electron chi connectivity index (χ2n) is 8.17. The number of aromatic nitrogens is 1. The second-order valence-corrected chi connectivity index (χ2v) is 11.3. The molecule has 32 heavy (non-hydrogen) atoms. The average molecular weight is 462 g/mol. The maximum absolute atomic E-state index is 2.51. The molecular formula is C28H15NS3. The largest absolute Gasteiger partial charge is 0.292 e. The summed E-state index contributed by atoms with van der Waals surface area (Å²) in [6.45, 7) is 0. The van der Waals surface area contributed by atoms with E-state index in [9.17, 15) is 0 Å². The van der Waals surface area contributed by atoms with Crippen molar-refractivity contribution < 1.29 is 0 Å². The molecule has 0 fully saturated rings. The van der Waals surface area contributed by atoms with Crippen LogP contribution in [-0.4, -0.2) is 4.57 Å². The van der Waals surface area contributed by atoms with Crippen molar-refractivity contribution in [3.05, 3.63) is 91.0 Å². The lowest BCUT2D eigenvalue weighted by Crippen LogP contribution is -1.90. The van der Waals surface area contributed by atoms with E-state index in [2.05, 4.69) is 95.6 Å². The summed E-state index contributed by atoms with van der Waals surface area (Å²) < 4.78 is 7.91. The average Bonchev–Trinajstić information content (AvgIpc) is 3.55. The van der Waals surface area contributed by atoms with E-state index in [0.717, 1.165) is 0 Å². The molecule has 0 bridgehead atoms. The molecule has 0 atom stereocenters. The molecule has 0 aliphatic carbocycles. The zero-order valence-electron chi connectivity index (χ0n) is 16.8. The standard InChI is InChI=1S/C28H15NS3/c1-4-10-21-17(7-1)20-15-16(13-14-24(20)30-21)29-27-25(18-8-2-5-11-22(18)31-27)26-19-9-3-6-12-23(19)32-28(26)29/h1-15H. The van der Waals surface area contributed by atoms with Crippen molar-refractivity contribution in [3.63, 3.8) is 0 Å². The Hall–Kier alpha value is -3.18. The first-order valence-corrected chi connectivity index (χ1v) is 13.1. The molecule has 0 aliphatic rings. The molecule has 0 amide bonds. The second kappa shape index (κ2) is 6.20. The third-order valence-electron chi connectivity index (χ3n) is 6.43. The van der Waals surface area contributed by atoms with Gasteiger partial charge in [-0.05, 0) is 36.4 Å². The fourth-order valence-corrected chi connectivity index (χ4v) is 8.66. The van der Waals surface area contributed by atoms with Crippen molar-refractivity contribution in [3.8, 4) is 5.69 Å². The van der Waals surface area contributed by atoms with Crippen molar-refractivity contribution in [1.82, 2.24) is 4.57 Å². The lowest BCUT2D eigenvalue weighted by atomic mass is 10.1. The van der Waals surface area contributed by atoms with Crippen LogP contribution >= 0.6 is 34.0 Å². The van der Waals surface area contributed by atoms with Crippen LogP contribution in [0.4, 0.5) is 0 Å². The van der Waals surface area contributed by atoms with Crippen molar-refractivity contribution >= 4 is 94.8 Å². The number of thiophene rings is 3. The van der Waals surface area contributed by atoms with E-state index < -0.39 is 0 Å². The lowest BCUT2D eigenvalue weighted by Gasteiger charge is -2.06. The highest BCUT2D eigenvalue weighted by molar-refractivity contribution is 7.28. The molecule has 0 radical (unpaired) electrons. The van der Waals surface area contributed by atoms with Gasteiger partial charge in [-0.1, -0.05) is 54.6 Å². The molecule has 0 unspecified atom stereocenters. The zero-order chi connectivity index (χ0) is 20.8. The predicted octanol–water partition coefficient (Wildman–Crippen LogP) is 9.58. The van der Waals surface area contributed by atoms with E-state index in [1.54, 1.807) is 0 Å². The SMILES string of the molecule is c1ccc2c(c1)sc1ccc(-n3c4sc5ccccc5c4c4c5ccccc5sc43)cc12. The Bertz CT molecular complexity index is 1910. The van der Waals surface area contributed by atoms with Crippen molar-refractivity contribution in [2.75, 3.05) is 0 Å². The summed E-state index contributed by atoms with van der Waals surface area (Å²) >= 11 is 5.69. The summed E-state index contributed by atoms with van der Waals surface area (Å²) in [5, 5.41) is 8.22. The topological polar surface area (TPSA) is 4.93 Å². The quantitative estimate of drug-likeness (QED) is 0.229. The molecule has 1 nitrogen and oxygen atoms in total. The highest BCUT2D eigenvalue weighted by atomic mass is 32.1. The van der Waals surface area contributed by atoms with Crippen LogP contribution < -0.4 is 0 Å². The molecular weight excluding hydrogens is 447 g/mol. The Morgan fingerprint density at radius 1 is 0.438 bits per heavy atom. The highest BCUT2D eigenvalue weighted by Gasteiger charge is 2.21. The maximum atomic E-state index is 2.51. The van der Waals surface area contributed by atoms with Crippen LogP contribution in [0.15, 0.2) is 91.0 Å². The van der Waals surface area contributed by atoms with Gasteiger partial charge in [-0.25, -0.2) is 0 Å². The number of hydrogen-bond acceptors (Lipinski definition) is 3. The number of hydrogen-bond donors (Lipinski definition) is 0. The van der Waals surface area contributed by atoms with Gasteiger partial charge in [0.2, 0.25) is 0 Å². The van der Waals surface area contributed by atoms with Gasteiger partial charge >= 0.3 is 0 Å². The molecule has 0 saturated carbocycles. The van der Waals surface area contributed by atoms with Crippen molar-refractivity contribution in [2.24, 2.45) is 0 Å². The van der Waals surface area contributed by atoms with Gasteiger partial charge in [0.05, 0.1) is 0 Å². The van der Waals surface area contributed by atoms with Gasteiger partial charge in [0.15, 0.2) is 0 Å². The molecule has 4 aromatic carbocycles. The molecule has 4 heterocycles. The van der Waals surface area contributed by atoms with Crippen LogP contribution in [0.5, 0.6) is 0 Å². The Balaban J connectivity index is 1.58. The predicted molar refractivity (Wildman–Crippen MR) is 144 cm³/mol. The highest BCUT2D eigenvalue weighted by Crippen LogP contribution is 2.48. The molecule has 0 aliphatic heterocycles. The smallest absolute Gasteiger partial charge is 0.110 e. The Labute approximate surface area is 195 Å². The minimum Gasteiger partial charge on any atom is -0.292 e. The fraction of sp³-hybridized carbons (Fsp3) is 0. The first-order valence-electron chi connectivity index (χ1n) is 10.6.